The van der Waals surface area contributed by atoms with E-state index >= 15 is 0 Å². The minimum Gasteiger partial charge on any atom is -0.481 e. The van der Waals surface area contributed by atoms with Crippen LogP contribution >= 0.6 is 0 Å². The number of benzene rings is 1. The molecule has 0 radical (unpaired) electrons. The van der Waals surface area contributed by atoms with Gasteiger partial charge in [-0.15, -0.1) is 0 Å². The van der Waals surface area contributed by atoms with Gasteiger partial charge in [-0.1, -0.05) is 6.07 Å². The lowest BCUT2D eigenvalue weighted by Gasteiger charge is -2.26. The van der Waals surface area contributed by atoms with Crippen molar-refractivity contribution in [2.24, 2.45) is 0 Å². The number of aryl methyl sites for hydroxylation is 2. The molecule has 0 heterocycles. The molecule has 0 saturated carbocycles. The second kappa shape index (κ2) is 7.14. The number of carbonyl (C=O) groups is 1. The number of rotatable bonds is 7. The van der Waals surface area contributed by atoms with Crippen LogP contribution in [-0.4, -0.2) is 49.7 Å². The maximum atomic E-state index is 10.8. The van der Waals surface area contributed by atoms with E-state index in [2.05, 4.69) is 41.8 Å². The lowest BCUT2D eigenvalue weighted by Crippen LogP contribution is -2.33. The molecule has 1 rings (SSSR count). The summed E-state index contributed by atoms with van der Waals surface area (Å²) in [4.78, 5) is 15.0. The molecule has 0 saturated heterocycles. The predicted molar refractivity (Wildman–Crippen MR) is 78.9 cm³/mol. The summed E-state index contributed by atoms with van der Waals surface area (Å²) in [6.45, 7) is 6.46. The first-order chi connectivity index (χ1) is 8.90. The van der Waals surface area contributed by atoms with E-state index in [4.69, 9.17) is 5.11 Å². The molecule has 0 aliphatic heterocycles. The maximum absolute atomic E-state index is 10.8. The van der Waals surface area contributed by atoms with Gasteiger partial charge in [0.15, 0.2) is 0 Å². The standard InChI is InChI=1S/C15H24N2O2/c1-12-5-6-14(11-13(12)2)17(8-7-15(18)19)10-9-16(3)4/h5-6,11H,7-10H2,1-4H3,(H,18,19). The van der Waals surface area contributed by atoms with Gasteiger partial charge in [-0.25, -0.2) is 0 Å². The highest BCUT2D eigenvalue weighted by Gasteiger charge is 2.10. The number of carboxylic acids is 1. The van der Waals surface area contributed by atoms with Crippen LogP contribution in [0.15, 0.2) is 18.2 Å². The Morgan fingerprint density at radius 3 is 2.32 bits per heavy atom. The molecule has 0 aromatic heterocycles. The van der Waals surface area contributed by atoms with Crippen molar-refractivity contribution in [2.75, 3.05) is 38.6 Å². The SMILES string of the molecule is Cc1ccc(N(CCC(=O)O)CCN(C)C)cc1C. The van der Waals surface area contributed by atoms with E-state index in [1.165, 1.54) is 11.1 Å². The first kappa shape index (κ1) is 15.5. The lowest BCUT2D eigenvalue weighted by atomic mass is 10.1. The quantitative estimate of drug-likeness (QED) is 0.819. The molecule has 4 nitrogen and oxygen atoms in total. The fourth-order valence-corrected chi connectivity index (χ4v) is 1.84. The van der Waals surface area contributed by atoms with E-state index < -0.39 is 5.97 Å². The maximum Gasteiger partial charge on any atom is 0.305 e. The summed E-state index contributed by atoms with van der Waals surface area (Å²) in [5.41, 5.74) is 3.60. The second-order valence-electron chi connectivity index (χ2n) is 5.20. The monoisotopic (exact) mass is 264 g/mol. The number of nitrogens with zero attached hydrogens (tertiary/aromatic N) is 2. The molecule has 0 bridgehead atoms. The van der Waals surface area contributed by atoms with Crippen molar-refractivity contribution in [1.82, 2.24) is 4.90 Å². The molecule has 106 valence electrons. The van der Waals surface area contributed by atoms with Crippen LogP contribution in [0, 0.1) is 13.8 Å². The molecule has 0 unspecified atom stereocenters. The molecule has 1 aromatic carbocycles. The predicted octanol–water partition coefficient (Wildman–Crippen LogP) is 2.15. The molecule has 0 spiro atoms. The van der Waals surface area contributed by atoms with Gasteiger partial charge in [-0.3, -0.25) is 4.79 Å². The van der Waals surface area contributed by atoms with Crippen molar-refractivity contribution < 1.29 is 9.90 Å². The third kappa shape index (κ3) is 5.30. The number of likely N-dealkylation sites (N-methyl/N-ethyl adjacent to an activating group) is 1. The third-order valence-corrected chi connectivity index (χ3v) is 3.27. The molecule has 19 heavy (non-hydrogen) atoms. The zero-order chi connectivity index (χ0) is 14.4. The smallest absolute Gasteiger partial charge is 0.305 e. The van der Waals surface area contributed by atoms with Crippen LogP contribution in [0.1, 0.15) is 17.5 Å². The van der Waals surface area contributed by atoms with Crippen molar-refractivity contribution in [1.29, 1.82) is 0 Å². The van der Waals surface area contributed by atoms with Crippen molar-refractivity contribution in [3.8, 4) is 0 Å². The van der Waals surface area contributed by atoms with E-state index in [0.29, 0.717) is 6.54 Å². The van der Waals surface area contributed by atoms with Gasteiger partial charge in [0.25, 0.3) is 0 Å². The average Bonchev–Trinajstić information content (AvgIpc) is 2.32. The number of hydrogen-bond donors (Lipinski definition) is 1. The van der Waals surface area contributed by atoms with E-state index in [-0.39, 0.29) is 6.42 Å². The normalized spacial score (nSPS) is 10.8. The van der Waals surface area contributed by atoms with Gasteiger partial charge in [0.05, 0.1) is 6.42 Å². The average molecular weight is 264 g/mol. The Morgan fingerprint density at radius 2 is 1.79 bits per heavy atom. The van der Waals surface area contributed by atoms with Crippen molar-refractivity contribution >= 4 is 11.7 Å². The van der Waals surface area contributed by atoms with Crippen LogP contribution in [0.25, 0.3) is 0 Å². The van der Waals surface area contributed by atoms with Crippen LogP contribution in [-0.2, 0) is 4.79 Å². The van der Waals surface area contributed by atoms with Gasteiger partial charge >= 0.3 is 5.97 Å². The highest BCUT2D eigenvalue weighted by Crippen LogP contribution is 2.19. The van der Waals surface area contributed by atoms with Crippen molar-refractivity contribution in [3.63, 3.8) is 0 Å². The minimum absolute atomic E-state index is 0.167. The number of anilines is 1. The third-order valence-electron chi connectivity index (χ3n) is 3.27. The van der Waals surface area contributed by atoms with Crippen LogP contribution in [0.5, 0.6) is 0 Å². The summed E-state index contributed by atoms with van der Waals surface area (Å²) in [5, 5.41) is 8.85. The number of aliphatic carboxylic acids is 1. The van der Waals surface area contributed by atoms with E-state index in [1.807, 2.05) is 14.1 Å². The Hall–Kier alpha value is -1.55. The van der Waals surface area contributed by atoms with Crippen LogP contribution in [0.3, 0.4) is 0 Å². The Balaban J connectivity index is 2.80. The Bertz CT molecular complexity index is 430. The van der Waals surface area contributed by atoms with E-state index in [9.17, 15) is 4.79 Å². The van der Waals surface area contributed by atoms with Gasteiger partial charge in [0, 0.05) is 25.3 Å². The first-order valence-corrected chi connectivity index (χ1v) is 6.59. The highest BCUT2D eigenvalue weighted by molar-refractivity contribution is 5.67. The Labute approximate surface area is 115 Å². The highest BCUT2D eigenvalue weighted by atomic mass is 16.4. The molecular weight excluding hydrogens is 240 g/mol. The first-order valence-electron chi connectivity index (χ1n) is 6.59. The molecule has 1 aromatic rings. The Morgan fingerprint density at radius 1 is 1.11 bits per heavy atom. The van der Waals surface area contributed by atoms with Crippen LogP contribution in [0.4, 0.5) is 5.69 Å². The Kier molecular flexibility index (Phi) is 5.83. The van der Waals surface area contributed by atoms with Gasteiger partial charge in [-0.2, -0.15) is 0 Å². The van der Waals surface area contributed by atoms with Gasteiger partial charge in [0.1, 0.15) is 0 Å². The molecular formula is C15H24N2O2. The topological polar surface area (TPSA) is 43.8 Å². The van der Waals surface area contributed by atoms with E-state index in [1.54, 1.807) is 0 Å². The van der Waals surface area contributed by atoms with Crippen molar-refractivity contribution in [3.05, 3.63) is 29.3 Å². The minimum atomic E-state index is -0.751. The molecule has 4 heteroatoms. The van der Waals surface area contributed by atoms with Crippen LogP contribution in [0.2, 0.25) is 0 Å². The summed E-state index contributed by atoms with van der Waals surface area (Å²) >= 11 is 0. The van der Waals surface area contributed by atoms with Crippen molar-refractivity contribution in [2.45, 2.75) is 20.3 Å². The summed E-state index contributed by atoms with van der Waals surface area (Å²) in [6, 6.07) is 6.29. The molecule has 0 fully saturated rings. The molecule has 0 aliphatic carbocycles. The van der Waals surface area contributed by atoms with E-state index in [0.717, 1.165) is 18.8 Å². The summed E-state index contributed by atoms with van der Waals surface area (Å²) in [7, 11) is 4.05. The molecule has 0 amide bonds. The summed E-state index contributed by atoms with van der Waals surface area (Å²) in [5.74, 6) is -0.751. The number of hydrogen-bond acceptors (Lipinski definition) is 3. The molecule has 1 N–H and O–H groups in total. The molecule has 0 atom stereocenters. The zero-order valence-corrected chi connectivity index (χ0v) is 12.3. The largest absolute Gasteiger partial charge is 0.481 e. The zero-order valence-electron chi connectivity index (χ0n) is 12.3. The number of carboxylic acid groups (broad SMARTS) is 1. The summed E-state index contributed by atoms with van der Waals surface area (Å²) in [6.07, 6.45) is 0.167. The summed E-state index contributed by atoms with van der Waals surface area (Å²) < 4.78 is 0. The fourth-order valence-electron chi connectivity index (χ4n) is 1.84. The fraction of sp³-hybridized carbons (Fsp3) is 0.533. The molecule has 0 aliphatic rings. The second-order valence-corrected chi connectivity index (χ2v) is 5.20. The van der Waals surface area contributed by atoms with Gasteiger partial charge < -0.3 is 14.9 Å². The lowest BCUT2D eigenvalue weighted by molar-refractivity contribution is -0.136. The van der Waals surface area contributed by atoms with Gasteiger partial charge in [-0.05, 0) is 51.2 Å². The van der Waals surface area contributed by atoms with Gasteiger partial charge in [0.2, 0.25) is 0 Å². The van der Waals surface area contributed by atoms with Crippen LogP contribution < -0.4 is 4.90 Å².